The van der Waals surface area contributed by atoms with Crippen LogP contribution < -0.4 is 4.90 Å². The van der Waals surface area contributed by atoms with Gasteiger partial charge in [0.05, 0.1) is 13.1 Å². The van der Waals surface area contributed by atoms with Crippen molar-refractivity contribution in [1.82, 2.24) is 0 Å². The van der Waals surface area contributed by atoms with Gasteiger partial charge < -0.3 is 10.0 Å². The maximum atomic E-state index is 8.75. The van der Waals surface area contributed by atoms with Crippen LogP contribution in [0.25, 0.3) is 0 Å². The standard InChI is InChI=1S/C7H15NO/c1-8-4-2-7(6-9)3-5-8/h7-9H,1-6H2. The van der Waals surface area contributed by atoms with Gasteiger partial charge in [-0.2, -0.15) is 7.05 Å². The van der Waals surface area contributed by atoms with Crippen LogP contribution in [0.15, 0.2) is 0 Å². The van der Waals surface area contributed by atoms with Gasteiger partial charge in [-0.25, -0.2) is 0 Å². The van der Waals surface area contributed by atoms with E-state index >= 15 is 0 Å². The fraction of sp³-hybridized carbons (Fsp3) is 0.857. The number of hydrogen-bond donors (Lipinski definition) is 2. The third-order valence-electron chi connectivity index (χ3n) is 2.07. The summed E-state index contributed by atoms with van der Waals surface area (Å²) in [5.41, 5.74) is 0. The zero-order valence-electron chi connectivity index (χ0n) is 5.77. The summed E-state index contributed by atoms with van der Waals surface area (Å²) < 4.78 is 0. The smallest absolute Gasteiger partial charge is 0.0533 e. The van der Waals surface area contributed by atoms with Crippen LogP contribution in [0.2, 0.25) is 0 Å². The number of rotatable bonds is 1. The first-order valence-corrected chi connectivity index (χ1v) is 3.60. The van der Waals surface area contributed by atoms with E-state index in [1.807, 2.05) is 0 Å². The van der Waals surface area contributed by atoms with Crippen molar-refractivity contribution >= 4 is 0 Å². The van der Waals surface area contributed by atoms with Crippen LogP contribution in [0, 0.1) is 13.0 Å². The van der Waals surface area contributed by atoms with Crippen molar-refractivity contribution in [2.45, 2.75) is 12.8 Å². The molecule has 1 rings (SSSR count). The lowest BCUT2D eigenvalue weighted by Gasteiger charge is -2.29. The SMILES string of the molecule is [CH2-][NH+]1CCC(CO)CC1. The highest BCUT2D eigenvalue weighted by atomic mass is 16.3. The Kier molecular flexibility index (Phi) is 2.49. The number of aliphatic hydroxyl groups is 1. The van der Waals surface area contributed by atoms with Crippen LogP contribution in [0.1, 0.15) is 12.8 Å². The summed E-state index contributed by atoms with van der Waals surface area (Å²) in [5.74, 6) is 0.565. The molecule has 2 heteroatoms. The predicted octanol–water partition coefficient (Wildman–Crippen LogP) is -0.935. The van der Waals surface area contributed by atoms with E-state index in [0.29, 0.717) is 12.5 Å². The number of likely N-dealkylation sites (tertiary alicyclic amines) is 1. The molecule has 0 aromatic rings. The van der Waals surface area contributed by atoms with E-state index in [9.17, 15) is 0 Å². The average Bonchev–Trinajstić information content (AvgIpc) is 1.90. The van der Waals surface area contributed by atoms with Crippen molar-refractivity contribution < 1.29 is 10.0 Å². The molecule has 0 saturated carbocycles. The Hall–Kier alpha value is -0.0800. The first-order valence-electron chi connectivity index (χ1n) is 3.60. The van der Waals surface area contributed by atoms with E-state index < -0.39 is 0 Å². The van der Waals surface area contributed by atoms with Crippen LogP contribution in [-0.2, 0) is 0 Å². The normalized spacial score (nSPS) is 36.7. The zero-order valence-corrected chi connectivity index (χ0v) is 5.77. The van der Waals surface area contributed by atoms with Crippen LogP contribution in [-0.4, -0.2) is 24.8 Å². The molecular weight excluding hydrogens is 114 g/mol. The molecule has 0 aliphatic carbocycles. The highest BCUT2D eigenvalue weighted by Gasteiger charge is 2.14. The molecule has 2 nitrogen and oxygen atoms in total. The van der Waals surface area contributed by atoms with Gasteiger partial charge in [-0.1, -0.05) is 0 Å². The van der Waals surface area contributed by atoms with Crippen LogP contribution in [0.5, 0.6) is 0 Å². The molecule has 1 heterocycles. The monoisotopic (exact) mass is 129 g/mol. The fourth-order valence-electron chi connectivity index (χ4n) is 1.27. The van der Waals surface area contributed by atoms with Crippen LogP contribution in [0.4, 0.5) is 0 Å². The van der Waals surface area contributed by atoms with Gasteiger partial charge in [-0.05, 0) is 18.8 Å². The summed E-state index contributed by atoms with van der Waals surface area (Å²) in [6.45, 7) is 2.63. The van der Waals surface area contributed by atoms with Crippen molar-refractivity contribution in [3.8, 4) is 0 Å². The highest BCUT2D eigenvalue weighted by molar-refractivity contribution is 4.59. The predicted molar refractivity (Wildman–Crippen MR) is 35.9 cm³/mol. The molecule has 0 aromatic heterocycles. The van der Waals surface area contributed by atoms with Crippen LogP contribution in [0.3, 0.4) is 0 Å². The van der Waals surface area contributed by atoms with Crippen molar-refractivity contribution in [2.24, 2.45) is 5.92 Å². The Balaban J connectivity index is 2.18. The van der Waals surface area contributed by atoms with Gasteiger partial charge in [0.2, 0.25) is 0 Å². The van der Waals surface area contributed by atoms with Crippen molar-refractivity contribution in [2.75, 3.05) is 19.7 Å². The first kappa shape index (κ1) is 7.03. The van der Waals surface area contributed by atoms with Crippen molar-refractivity contribution in [1.29, 1.82) is 0 Å². The second kappa shape index (κ2) is 3.18. The topological polar surface area (TPSA) is 24.7 Å². The van der Waals surface area contributed by atoms with E-state index in [1.165, 1.54) is 4.90 Å². The molecule has 1 fully saturated rings. The number of hydrogen-bond acceptors (Lipinski definition) is 1. The van der Waals surface area contributed by atoms with Gasteiger partial charge in [0.25, 0.3) is 0 Å². The zero-order chi connectivity index (χ0) is 6.69. The molecular formula is C7H15NO. The number of aliphatic hydroxyl groups excluding tert-OH is 1. The molecule has 0 spiro atoms. The lowest BCUT2D eigenvalue weighted by molar-refractivity contribution is -0.860. The summed E-state index contributed by atoms with van der Waals surface area (Å²) in [4.78, 5) is 1.36. The Bertz CT molecular complexity index is 77.0. The second-order valence-corrected chi connectivity index (χ2v) is 2.88. The summed E-state index contributed by atoms with van der Waals surface area (Å²) in [6, 6.07) is 0. The average molecular weight is 129 g/mol. The molecule has 0 bridgehead atoms. The minimum absolute atomic E-state index is 0.368. The summed E-state index contributed by atoms with van der Waals surface area (Å²) in [7, 11) is 3.90. The molecule has 1 aliphatic heterocycles. The molecule has 9 heavy (non-hydrogen) atoms. The van der Waals surface area contributed by atoms with Gasteiger partial charge in [0.15, 0.2) is 0 Å². The van der Waals surface area contributed by atoms with Gasteiger partial charge in [-0.15, -0.1) is 0 Å². The Morgan fingerprint density at radius 2 is 2.00 bits per heavy atom. The first-order chi connectivity index (χ1) is 4.33. The third-order valence-corrected chi connectivity index (χ3v) is 2.07. The van der Waals surface area contributed by atoms with E-state index in [-0.39, 0.29) is 0 Å². The fourth-order valence-corrected chi connectivity index (χ4v) is 1.27. The Labute approximate surface area is 56.5 Å². The van der Waals surface area contributed by atoms with Crippen molar-refractivity contribution in [3.05, 3.63) is 7.05 Å². The van der Waals surface area contributed by atoms with E-state index in [4.69, 9.17) is 5.11 Å². The minimum atomic E-state index is 0.368. The Morgan fingerprint density at radius 3 is 2.44 bits per heavy atom. The molecule has 0 amide bonds. The highest BCUT2D eigenvalue weighted by Crippen LogP contribution is 2.06. The lowest BCUT2D eigenvalue weighted by atomic mass is 9.98. The summed E-state index contributed by atoms with van der Waals surface area (Å²) in [5, 5.41) is 8.75. The van der Waals surface area contributed by atoms with Gasteiger partial charge >= 0.3 is 0 Å². The van der Waals surface area contributed by atoms with E-state index in [2.05, 4.69) is 7.05 Å². The molecule has 1 aliphatic rings. The Morgan fingerprint density at radius 1 is 1.44 bits per heavy atom. The quantitative estimate of drug-likeness (QED) is 0.439. The number of nitrogens with one attached hydrogen (secondary N) is 1. The summed E-state index contributed by atoms with van der Waals surface area (Å²) in [6.07, 6.45) is 2.30. The van der Waals surface area contributed by atoms with E-state index in [1.54, 1.807) is 0 Å². The lowest BCUT2D eigenvalue weighted by Crippen LogP contribution is -3.08. The minimum Gasteiger partial charge on any atom is -0.468 e. The van der Waals surface area contributed by atoms with Crippen molar-refractivity contribution in [3.63, 3.8) is 0 Å². The molecule has 0 unspecified atom stereocenters. The van der Waals surface area contributed by atoms with Gasteiger partial charge in [-0.3, -0.25) is 0 Å². The maximum absolute atomic E-state index is 8.75. The van der Waals surface area contributed by atoms with Gasteiger partial charge in [0, 0.05) is 6.61 Å². The molecule has 0 atom stereocenters. The largest absolute Gasteiger partial charge is 0.468 e. The molecule has 0 aromatic carbocycles. The van der Waals surface area contributed by atoms with E-state index in [0.717, 1.165) is 25.9 Å². The van der Waals surface area contributed by atoms with Gasteiger partial charge in [0.1, 0.15) is 0 Å². The summed E-state index contributed by atoms with van der Waals surface area (Å²) >= 11 is 0. The molecule has 0 radical (unpaired) electrons. The maximum Gasteiger partial charge on any atom is 0.0533 e. The molecule has 1 saturated heterocycles. The number of quaternary nitrogens is 1. The second-order valence-electron chi connectivity index (χ2n) is 2.88. The third kappa shape index (κ3) is 1.95. The van der Waals surface area contributed by atoms with Crippen LogP contribution >= 0.6 is 0 Å². The molecule has 2 N–H and O–H groups in total. The molecule has 54 valence electrons. The number of piperidine rings is 1.